The van der Waals surface area contributed by atoms with Gasteiger partial charge in [0, 0.05) is 22.5 Å². The molecule has 0 fully saturated rings. The van der Waals surface area contributed by atoms with Crippen LogP contribution in [0.15, 0.2) is 48.5 Å². The van der Waals surface area contributed by atoms with E-state index in [9.17, 15) is 4.79 Å². The summed E-state index contributed by atoms with van der Waals surface area (Å²) in [7, 11) is 0. The minimum absolute atomic E-state index is 0.207. The van der Waals surface area contributed by atoms with Crippen LogP contribution in [-0.4, -0.2) is 10.9 Å². The van der Waals surface area contributed by atoms with Gasteiger partial charge in [-0.2, -0.15) is 0 Å². The van der Waals surface area contributed by atoms with Gasteiger partial charge >= 0.3 is 0 Å². The highest BCUT2D eigenvalue weighted by molar-refractivity contribution is 6.30. The van der Waals surface area contributed by atoms with Gasteiger partial charge in [-0.15, -0.1) is 0 Å². The van der Waals surface area contributed by atoms with E-state index in [1.807, 2.05) is 62.4 Å². The third kappa shape index (κ3) is 5.00. The molecule has 0 unspecified atom stereocenters. The van der Waals surface area contributed by atoms with E-state index in [2.05, 4.69) is 24.1 Å². The molecule has 5 heteroatoms. The van der Waals surface area contributed by atoms with E-state index in [0.29, 0.717) is 28.6 Å². The number of hydrogen-bond acceptors (Lipinski definition) is 3. The van der Waals surface area contributed by atoms with E-state index < -0.39 is 0 Å². The largest absolute Gasteiger partial charge is 0.488 e. The number of aromatic nitrogens is 1. The first-order chi connectivity index (χ1) is 14.4. The Morgan fingerprint density at radius 2 is 1.67 bits per heavy atom. The normalized spacial score (nSPS) is 10.7. The molecule has 0 aliphatic rings. The number of pyridine rings is 1. The fourth-order valence-corrected chi connectivity index (χ4v) is 3.63. The number of hydrogen-bond donors (Lipinski definition) is 1. The van der Waals surface area contributed by atoms with Crippen molar-refractivity contribution < 1.29 is 9.53 Å². The topological polar surface area (TPSA) is 51.2 Å². The number of rotatable bonds is 7. The van der Waals surface area contributed by atoms with Crippen molar-refractivity contribution in [3.8, 4) is 5.75 Å². The molecule has 0 bridgehead atoms. The number of para-hydroxylation sites is 1. The van der Waals surface area contributed by atoms with Crippen molar-refractivity contribution in [2.24, 2.45) is 0 Å². The summed E-state index contributed by atoms with van der Waals surface area (Å²) in [4.78, 5) is 17.8. The Labute approximate surface area is 183 Å². The van der Waals surface area contributed by atoms with Crippen molar-refractivity contribution in [3.05, 3.63) is 87.2 Å². The molecule has 0 radical (unpaired) electrons. The van der Waals surface area contributed by atoms with Crippen LogP contribution in [-0.2, 0) is 19.4 Å². The van der Waals surface area contributed by atoms with Gasteiger partial charge < -0.3 is 10.1 Å². The average molecular weight is 423 g/mol. The molecule has 0 aliphatic heterocycles. The number of nitrogens with zero attached hydrogens (tertiary/aromatic N) is 1. The Morgan fingerprint density at radius 3 is 2.27 bits per heavy atom. The number of anilines is 1. The third-order valence-corrected chi connectivity index (χ3v) is 5.32. The summed E-state index contributed by atoms with van der Waals surface area (Å²) in [5, 5.41) is 3.80. The van der Waals surface area contributed by atoms with Gasteiger partial charge in [0.2, 0.25) is 0 Å². The Balaban J connectivity index is 1.91. The summed E-state index contributed by atoms with van der Waals surface area (Å²) in [5.41, 5.74) is 6.00. The smallest absolute Gasteiger partial charge is 0.261 e. The van der Waals surface area contributed by atoms with Gasteiger partial charge in [-0.25, -0.2) is 0 Å². The van der Waals surface area contributed by atoms with Crippen LogP contribution in [0.5, 0.6) is 5.75 Å². The Hall–Kier alpha value is -2.85. The summed E-state index contributed by atoms with van der Waals surface area (Å²) in [5.74, 6) is 0.321. The first kappa shape index (κ1) is 21.8. The molecular formula is C25H27ClN2O2. The molecule has 0 spiro atoms. The third-order valence-electron chi connectivity index (χ3n) is 5.06. The number of benzene rings is 2. The molecule has 3 aromatic rings. The molecular weight excluding hydrogens is 396 g/mol. The first-order valence-corrected chi connectivity index (χ1v) is 10.6. The Morgan fingerprint density at radius 1 is 1.03 bits per heavy atom. The molecule has 0 saturated carbocycles. The predicted octanol–water partition coefficient (Wildman–Crippen LogP) is 6.31. The predicted molar refractivity (Wildman–Crippen MR) is 123 cm³/mol. The van der Waals surface area contributed by atoms with Crippen LogP contribution in [0.1, 0.15) is 52.3 Å². The number of carbonyl (C=O) groups excluding carboxylic acids is 1. The van der Waals surface area contributed by atoms with E-state index in [0.717, 1.165) is 40.9 Å². The summed E-state index contributed by atoms with van der Waals surface area (Å²) >= 11 is 5.96. The zero-order valence-electron chi connectivity index (χ0n) is 17.9. The van der Waals surface area contributed by atoms with Gasteiger partial charge in [0.05, 0.1) is 5.69 Å². The van der Waals surface area contributed by atoms with Crippen molar-refractivity contribution in [3.63, 3.8) is 0 Å². The molecule has 0 saturated heterocycles. The Bertz CT molecular complexity index is 1020. The van der Waals surface area contributed by atoms with Crippen molar-refractivity contribution in [2.75, 3.05) is 5.32 Å². The quantitative estimate of drug-likeness (QED) is 0.485. The summed E-state index contributed by atoms with van der Waals surface area (Å²) < 4.78 is 6.05. The zero-order valence-corrected chi connectivity index (χ0v) is 18.6. The molecule has 0 atom stereocenters. The standard InChI is InChI=1S/C25H27ClN2O2/c1-5-19-8-7-9-20(6-2)24(19)28-25(29)23-17(4)27-16(3)14-22(23)30-15-18-10-12-21(26)13-11-18/h7-14H,5-6,15H2,1-4H3,(H,28,29). The lowest BCUT2D eigenvalue weighted by Crippen LogP contribution is -2.18. The summed E-state index contributed by atoms with van der Waals surface area (Å²) in [6.45, 7) is 8.24. The van der Waals surface area contributed by atoms with Gasteiger partial charge in [0.25, 0.3) is 5.91 Å². The van der Waals surface area contributed by atoms with Crippen molar-refractivity contribution in [2.45, 2.75) is 47.1 Å². The number of halogens is 1. The molecule has 0 aliphatic carbocycles. The number of nitrogens with one attached hydrogen (secondary N) is 1. The lowest BCUT2D eigenvalue weighted by molar-refractivity contribution is 0.102. The summed E-state index contributed by atoms with van der Waals surface area (Å²) in [6, 6.07) is 15.4. The zero-order chi connectivity index (χ0) is 21.7. The number of aryl methyl sites for hydroxylation is 4. The lowest BCUT2D eigenvalue weighted by Gasteiger charge is -2.18. The maximum absolute atomic E-state index is 13.3. The molecule has 1 amide bonds. The molecule has 1 aromatic heterocycles. The lowest BCUT2D eigenvalue weighted by atomic mass is 10.0. The van der Waals surface area contributed by atoms with Gasteiger partial charge in [-0.05, 0) is 55.5 Å². The fraction of sp³-hybridized carbons (Fsp3) is 0.280. The van der Waals surface area contributed by atoms with Crippen LogP contribution >= 0.6 is 11.6 Å². The van der Waals surface area contributed by atoms with E-state index >= 15 is 0 Å². The van der Waals surface area contributed by atoms with E-state index in [1.54, 1.807) is 0 Å². The minimum atomic E-state index is -0.207. The van der Waals surface area contributed by atoms with Crippen LogP contribution in [0.2, 0.25) is 5.02 Å². The van der Waals surface area contributed by atoms with Crippen molar-refractivity contribution in [1.82, 2.24) is 4.98 Å². The average Bonchev–Trinajstić information content (AvgIpc) is 2.72. The molecule has 30 heavy (non-hydrogen) atoms. The molecule has 1 heterocycles. The van der Waals surface area contributed by atoms with Crippen LogP contribution in [0.4, 0.5) is 5.69 Å². The van der Waals surface area contributed by atoms with Crippen molar-refractivity contribution >= 4 is 23.2 Å². The van der Waals surface area contributed by atoms with E-state index in [4.69, 9.17) is 16.3 Å². The van der Waals surface area contributed by atoms with Crippen LogP contribution in [0.3, 0.4) is 0 Å². The van der Waals surface area contributed by atoms with Crippen LogP contribution < -0.4 is 10.1 Å². The minimum Gasteiger partial charge on any atom is -0.488 e. The number of carbonyl (C=O) groups is 1. The van der Waals surface area contributed by atoms with Gasteiger partial charge in [0.1, 0.15) is 17.9 Å². The fourth-order valence-electron chi connectivity index (χ4n) is 3.50. The van der Waals surface area contributed by atoms with E-state index in [-0.39, 0.29) is 5.91 Å². The van der Waals surface area contributed by atoms with Gasteiger partial charge in [-0.1, -0.05) is 55.8 Å². The highest BCUT2D eigenvalue weighted by Gasteiger charge is 2.20. The molecule has 3 rings (SSSR count). The molecule has 156 valence electrons. The van der Waals surface area contributed by atoms with E-state index in [1.165, 1.54) is 0 Å². The van der Waals surface area contributed by atoms with Crippen LogP contribution in [0.25, 0.3) is 0 Å². The molecule has 4 nitrogen and oxygen atoms in total. The monoisotopic (exact) mass is 422 g/mol. The number of ether oxygens (including phenoxy) is 1. The first-order valence-electron chi connectivity index (χ1n) is 10.2. The van der Waals surface area contributed by atoms with Crippen molar-refractivity contribution in [1.29, 1.82) is 0 Å². The van der Waals surface area contributed by atoms with Crippen LogP contribution in [0, 0.1) is 13.8 Å². The second-order valence-corrected chi connectivity index (χ2v) is 7.69. The second kappa shape index (κ2) is 9.77. The SMILES string of the molecule is CCc1cccc(CC)c1NC(=O)c1c(OCc2ccc(Cl)cc2)cc(C)nc1C. The summed E-state index contributed by atoms with van der Waals surface area (Å²) in [6.07, 6.45) is 1.68. The second-order valence-electron chi connectivity index (χ2n) is 7.25. The van der Waals surface area contributed by atoms with Gasteiger partial charge in [0.15, 0.2) is 0 Å². The maximum atomic E-state index is 13.3. The highest BCUT2D eigenvalue weighted by atomic mass is 35.5. The van der Waals surface area contributed by atoms with Gasteiger partial charge in [-0.3, -0.25) is 9.78 Å². The maximum Gasteiger partial charge on any atom is 0.261 e. The molecule has 1 N–H and O–H groups in total. The highest BCUT2D eigenvalue weighted by Crippen LogP contribution is 2.28. The number of amides is 1. The Kier molecular flexibility index (Phi) is 7.11. The molecule has 2 aromatic carbocycles.